The highest BCUT2D eigenvalue weighted by Gasteiger charge is 2.14. The summed E-state index contributed by atoms with van der Waals surface area (Å²) in [4.78, 5) is 12.8. The van der Waals surface area contributed by atoms with Gasteiger partial charge in [-0.15, -0.1) is 0 Å². The second-order valence-corrected chi connectivity index (χ2v) is 10.3. The molecule has 4 rings (SSSR count). The fourth-order valence-electron chi connectivity index (χ4n) is 3.89. The van der Waals surface area contributed by atoms with Gasteiger partial charge >= 0.3 is 0 Å². The first-order chi connectivity index (χ1) is 18.2. The summed E-state index contributed by atoms with van der Waals surface area (Å²) in [6.07, 6.45) is 3.25. The van der Waals surface area contributed by atoms with Crippen LogP contribution in [0.25, 0.3) is 6.08 Å². The Balaban J connectivity index is 1.43. The average molecular weight is 615 g/mol. The van der Waals surface area contributed by atoms with Crippen molar-refractivity contribution in [1.29, 1.82) is 0 Å². The van der Waals surface area contributed by atoms with Crippen molar-refractivity contribution < 1.29 is 14.3 Å². The predicted octanol–water partition coefficient (Wildman–Crippen LogP) is 7.86. The molecule has 196 valence electrons. The van der Waals surface area contributed by atoms with E-state index in [-0.39, 0.29) is 5.91 Å². The molecule has 0 aliphatic carbocycles. The maximum atomic E-state index is 12.8. The molecular formula is C29H26BrCl2N3O3. The molecule has 1 N–H and O–H groups in total. The Labute approximate surface area is 240 Å². The number of nitrogens with zero attached hydrogens (tertiary/aromatic N) is 2. The largest absolute Gasteiger partial charge is 0.496 e. The van der Waals surface area contributed by atoms with Crippen LogP contribution in [0.15, 0.2) is 71.2 Å². The minimum absolute atomic E-state index is 0.256. The van der Waals surface area contributed by atoms with Gasteiger partial charge in [-0.2, -0.15) is 5.10 Å². The van der Waals surface area contributed by atoms with Crippen molar-refractivity contribution in [2.45, 2.75) is 27.0 Å². The Morgan fingerprint density at radius 1 is 1.05 bits per heavy atom. The summed E-state index contributed by atoms with van der Waals surface area (Å²) in [6, 6.07) is 18.8. The summed E-state index contributed by atoms with van der Waals surface area (Å²) in [7, 11) is 1.62. The molecule has 6 nitrogen and oxygen atoms in total. The van der Waals surface area contributed by atoms with E-state index in [9.17, 15) is 4.79 Å². The second-order valence-electron chi connectivity index (χ2n) is 8.59. The van der Waals surface area contributed by atoms with Crippen molar-refractivity contribution in [3.63, 3.8) is 0 Å². The fourth-order valence-corrected chi connectivity index (χ4v) is 4.47. The van der Waals surface area contributed by atoms with Gasteiger partial charge in [-0.05, 0) is 79.6 Å². The lowest BCUT2D eigenvalue weighted by molar-refractivity contribution is -0.111. The highest BCUT2D eigenvalue weighted by molar-refractivity contribution is 9.10. The number of benzene rings is 3. The molecule has 0 radical (unpaired) electrons. The van der Waals surface area contributed by atoms with Crippen LogP contribution < -0.4 is 14.8 Å². The normalized spacial score (nSPS) is 11.1. The van der Waals surface area contributed by atoms with Crippen LogP contribution in [-0.4, -0.2) is 22.8 Å². The highest BCUT2D eigenvalue weighted by atomic mass is 79.9. The summed E-state index contributed by atoms with van der Waals surface area (Å²) in [5.41, 5.74) is 4.92. The summed E-state index contributed by atoms with van der Waals surface area (Å²) in [6.45, 7) is 4.61. The quantitative estimate of drug-likeness (QED) is 0.195. The van der Waals surface area contributed by atoms with Crippen molar-refractivity contribution >= 4 is 56.8 Å². The summed E-state index contributed by atoms with van der Waals surface area (Å²) in [5, 5.41) is 8.53. The van der Waals surface area contributed by atoms with Crippen LogP contribution >= 0.6 is 39.1 Å². The Bertz CT molecular complexity index is 1480. The molecule has 4 aromatic rings. The second kappa shape index (κ2) is 12.5. The van der Waals surface area contributed by atoms with E-state index in [0.29, 0.717) is 34.6 Å². The lowest BCUT2D eigenvalue weighted by atomic mass is 10.1. The lowest BCUT2D eigenvalue weighted by Gasteiger charge is -2.11. The molecule has 0 saturated heterocycles. The van der Waals surface area contributed by atoms with Crippen molar-refractivity contribution in [3.8, 4) is 11.5 Å². The molecule has 0 unspecified atom stereocenters. The molecule has 1 aromatic heterocycles. The zero-order valence-corrected chi connectivity index (χ0v) is 24.2. The summed E-state index contributed by atoms with van der Waals surface area (Å²) in [5.74, 6) is 1.21. The van der Waals surface area contributed by atoms with Gasteiger partial charge in [0.2, 0.25) is 5.91 Å². The van der Waals surface area contributed by atoms with E-state index in [0.717, 1.165) is 38.3 Å². The van der Waals surface area contributed by atoms with E-state index in [1.807, 2.05) is 73.1 Å². The molecule has 0 aliphatic rings. The summed E-state index contributed by atoms with van der Waals surface area (Å²) >= 11 is 15.6. The number of halogens is 3. The van der Waals surface area contributed by atoms with Gasteiger partial charge in [0.25, 0.3) is 0 Å². The van der Waals surface area contributed by atoms with Crippen LogP contribution in [0.2, 0.25) is 10.0 Å². The fraction of sp³-hybridized carbons (Fsp3) is 0.172. The number of carbonyl (C=O) groups is 1. The molecule has 9 heteroatoms. The topological polar surface area (TPSA) is 65.4 Å². The first-order valence-corrected chi connectivity index (χ1v) is 13.3. The number of methoxy groups -OCH3 is 1. The maximum Gasteiger partial charge on any atom is 0.248 e. The molecule has 3 aromatic carbocycles. The van der Waals surface area contributed by atoms with Gasteiger partial charge in [-0.1, -0.05) is 51.3 Å². The number of ether oxygens (including phenoxy) is 2. The molecule has 1 heterocycles. The number of nitrogens with one attached hydrogen (secondary N) is 1. The first-order valence-electron chi connectivity index (χ1n) is 11.8. The number of aromatic nitrogens is 2. The number of amides is 1. The van der Waals surface area contributed by atoms with Gasteiger partial charge in [0, 0.05) is 16.1 Å². The molecule has 1 amide bonds. The minimum atomic E-state index is -0.256. The molecule has 0 saturated carbocycles. The van der Waals surface area contributed by atoms with Crippen LogP contribution in [0.4, 0.5) is 5.69 Å². The van der Waals surface area contributed by atoms with E-state index in [1.165, 1.54) is 6.08 Å². The molecule has 0 aliphatic heterocycles. The van der Waals surface area contributed by atoms with Crippen molar-refractivity contribution in [1.82, 2.24) is 9.78 Å². The zero-order chi connectivity index (χ0) is 27.2. The molecule has 0 fully saturated rings. The molecule has 38 heavy (non-hydrogen) atoms. The van der Waals surface area contributed by atoms with Crippen LogP contribution in [0.5, 0.6) is 11.5 Å². The third kappa shape index (κ3) is 6.98. The van der Waals surface area contributed by atoms with Crippen LogP contribution in [0, 0.1) is 13.8 Å². The first kappa shape index (κ1) is 27.8. The SMILES string of the molecule is COc1ccc(C=CC(=O)Nc2c(C)nn(Cc3ccc(Cl)c(Cl)c3)c2C)cc1COc1ccc(Br)cc1. The van der Waals surface area contributed by atoms with Gasteiger partial charge in [0.1, 0.15) is 18.1 Å². The van der Waals surface area contributed by atoms with E-state index in [2.05, 4.69) is 26.3 Å². The van der Waals surface area contributed by atoms with Gasteiger partial charge in [0.15, 0.2) is 0 Å². The smallest absolute Gasteiger partial charge is 0.248 e. The number of anilines is 1. The van der Waals surface area contributed by atoms with Crippen molar-refractivity contribution in [2.75, 3.05) is 12.4 Å². The van der Waals surface area contributed by atoms with Crippen LogP contribution in [0.3, 0.4) is 0 Å². The molecule has 0 spiro atoms. The highest BCUT2D eigenvalue weighted by Crippen LogP contribution is 2.26. The van der Waals surface area contributed by atoms with Crippen LogP contribution in [0.1, 0.15) is 28.1 Å². The third-order valence-corrected chi connectivity index (χ3v) is 7.15. The van der Waals surface area contributed by atoms with Crippen molar-refractivity contribution in [2.24, 2.45) is 0 Å². The lowest BCUT2D eigenvalue weighted by Crippen LogP contribution is -2.10. The van der Waals surface area contributed by atoms with E-state index in [1.54, 1.807) is 19.3 Å². The monoisotopic (exact) mass is 613 g/mol. The third-order valence-electron chi connectivity index (χ3n) is 5.89. The van der Waals surface area contributed by atoms with Crippen molar-refractivity contribution in [3.05, 3.63) is 109 Å². The molecule has 0 atom stereocenters. The molecular weight excluding hydrogens is 589 g/mol. The Morgan fingerprint density at radius 2 is 1.82 bits per heavy atom. The number of hydrogen-bond donors (Lipinski definition) is 1. The number of carbonyl (C=O) groups excluding carboxylic acids is 1. The standard InChI is InChI=1S/C29H26BrCl2N3O3/c1-18-29(19(2)35(34-18)16-21-4-11-25(31)26(32)15-21)33-28(36)13-6-20-5-12-27(37-3)22(14-20)17-38-24-9-7-23(30)8-10-24/h4-15H,16-17H2,1-3H3,(H,33,36). The average Bonchev–Trinajstić information content (AvgIpc) is 3.16. The predicted molar refractivity (Wildman–Crippen MR) is 156 cm³/mol. The van der Waals surface area contributed by atoms with Gasteiger partial charge < -0.3 is 14.8 Å². The maximum absolute atomic E-state index is 12.8. The van der Waals surface area contributed by atoms with Crippen LogP contribution in [-0.2, 0) is 17.9 Å². The number of aryl methyl sites for hydroxylation is 1. The Morgan fingerprint density at radius 3 is 2.53 bits per heavy atom. The Hall–Kier alpha value is -3.26. The zero-order valence-electron chi connectivity index (χ0n) is 21.1. The number of rotatable bonds is 9. The molecule has 0 bridgehead atoms. The Kier molecular flexibility index (Phi) is 9.15. The van der Waals surface area contributed by atoms with E-state index >= 15 is 0 Å². The van der Waals surface area contributed by atoms with E-state index < -0.39 is 0 Å². The summed E-state index contributed by atoms with van der Waals surface area (Å²) < 4.78 is 14.2. The van der Waals surface area contributed by atoms with Gasteiger partial charge in [-0.3, -0.25) is 9.48 Å². The number of hydrogen-bond acceptors (Lipinski definition) is 4. The van der Waals surface area contributed by atoms with Gasteiger partial charge in [0.05, 0.1) is 40.8 Å². The van der Waals surface area contributed by atoms with E-state index in [4.69, 9.17) is 32.7 Å². The van der Waals surface area contributed by atoms with Gasteiger partial charge in [-0.25, -0.2) is 0 Å². The minimum Gasteiger partial charge on any atom is -0.496 e.